The van der Waals surface area contributed by atoms with Gasteiger partial charge in [0.15, 0.2) is 14.7 Å². The van der Waals surface area contributed by atoms with Gasteiger partial charge in [0, 0.05) is 18.8 Å². The third-order valence-electron chi connectivity index (χ3n) is 6.42. The van der Waals surface area contributed by atoms with Gasteiger partial charge < -0.3 is 4.74 Å². The molecule has 2 aliphatic carbocycles. The number of rotatable bonds is 6. The van der Waals surface area contributed by atoms with Gasteiger partial charge in [0.25, 0.3) is 0 Å². The molecular weight excluding hydrogens is 412 g/mol. The number of carbonyl (C=O) groups excluding carboxylic acids is 1. The molecule has 3 aromatic carbocycles. The zero-order valence-electron chi connectivity index (χ0n) is 18.0. The van der Waals surface area contributed by atoms with Crippen LogP contribution in [0.2, 0.25) is 0 Å². The summed E-state index contributed by atoms with van der Waals surface area (Å²) in [4.78, 5) is 16.8. The average molecular weight is 440 g/mol. The average Bonchev–Trinajstić information content (AvgIpc) is 3.54. The summed E-state index contributed by atoms with van der Waals surface area (Å²) in [6.07, 6.45) is 12.3. The van der Waals surface area contributed by atoms with Gasteiger partial charge in [-0.15, -0.1) is 0 Å². The molecule has 0 heterocycles. The molecule has 32 heavy (non-hydrogen) atoms. The Balaban J connectivity index is 1.39. The van der Waals surface area contributed by atoms with E-state index in [9.17, 15) is 4.79 Å². The molecule has 0 bridgehead atoms. The quantitative estimate of drug-likeness (QED) is 0.235. The highest BCUT2D eigenvalue weighted by atomic mass is 32.2. The van der Waals surface area contributed by atoms with Crippen molar-refractivity contribution in [1.82, 2.24) is 0 Å². The van der Waals surface area contributed by atoms with Crippen molar-refractivity contribution in [3.63, 3.8) is 0 Å². The van der Waals surface area contributed by atoms with Gasteiger partial charge in [-0.25, -0.2) is 4.79 Å². The van der Waals surface area contributed by atoms with Crippen molar-refractivity contribution in [3.05, 3.63) is 115 Å². The maximum atomic E-state index is 13.1. The lowest BCUT2D eigenvalue weighted by Crippen LogP contribution is -2.39. The van der Waals surface area contributed by atoms with E-state index in [1.54, 1.807) is 0 Å². The van der Waals surface area contributed by atoms with Crippen molar-refractivity contribution >= 4 is 16.9 Å². The summed E-state index contributed by atoms with van der Waals surface area (Å²) in [6, 6.07) is 29.1. The van der Waals surface area contributed by atoms with Crippen molar-refractivity contribution in [2.75, 3.05) is 0 Å². The second kappa shape index (κ2) is 9.22. The minimum atomic E-state index is -0.391. The summed E-state index contributed by atoms with van der Waals surface area (Å²) in [7, 11) is -0.221. The van der Waals surface area contributed by atoms with E-state index in [2.05, 4.69) is 85.0 Å². The van der Waals surface area contributed by atoms with E-state index in [4.69, 9.17) is 4.74 Å². The van der Waals surface area contributed by atoms with E-state index < -0.39 is 5.60 Å². The van der Waals surface area contributed by atoms with E-state index in [0.29, 0.717) is 11.5 Å². The standard InChI is InChI=1S/C29H27O2S/c30-28(31-29(21-9-10-22-29)24-11-7-8-12-24)23-17-19-27(20-18-23)32(25-13-3-1-4-14-25)26-15-5-2-6-16-26/h1-10,13-20,24H,11-12,21-22H2/q+1. The second-order valence-corrected chi connectivity index (χ2v) is 10.5. The van der Waals surface area contributed by atoms with Crippen LogP contribution in [0, 0.1) is 5.92 Å². The molecule has 3 heteroatoms. The summed E-state index contributed by atoms with van der Waals surface area (Å²) >= 11 is 0. The molecule has 160 valence electrons. The summed E-state index contributed by atoms with van der Waals surface area (Å²) in [5.41, 5.74) is 0.230. The van der Waals surface area contributed by atoms with Gasteiger partial charge in [-0.1, -0.05) is 60.7 Å². The Morgan fingerprint density at radius 3 is 1.72 bits per heavy atom. The van der Waals surface area contributed by atoms with Gasteiger partial charge in [0.05, 0.1) is 16.5 Å². The Kier molecular flexibility index (Phi) is 6.00. The van der Waals surface area contributed by atoms with Crippen molar-refractivity contribution in [2.24, 2.45) is 5.92 Å². The van der Waals surface area contributed by atoms with Crippen LogP contribution < -0.4 is 0 Å². The van der Waals surface area contributed by atoms with Crippen LogP contribution >= 0.6 is 0 Å². The number of carbonyl (C=O) groups is 1. The normalized spacial score (nSPS) is 17.2. The molecule has 0 unspecified atom stereocenters. The van der Waals surface area contributed by atoms with Crippen molar-refractivity contribution in [3.8, 4) is 0 Å². The third-order valence-corrected chi connectivity index (χ3v) is 8.66. The van der Waals surface area contributed by atoms with Crippen LogP contribution in [0.3, 0.4) is 0 Å². The monoisotopic (exact) mass is 439 g/mol. The van der Waals surface area contributed by atoms with Crippen LogP contribution in [0.15, 0.2) is 124 Å². The van der Waals surface area contributed by atoms with Crippen molar-refractivity contribution < 1.29 is 9.53 Å². The zero-order valence-corrected chi connectivity index (χ0v) is 18.8. The third kappa shape index (κ3) is 4.18. The van der Waals surface area contributed by atoms with Gasteiger partial charge in [0.2, 0.25) is 0 Å². The lowest BCUT2D eigenvalue weighted by atomic mass is 9.83. The van der Waals surface area contributed by atoms with Gasteiger partial charge in [-0.2, -0.15) is 0 Å². The molecule has 0 N–H and O–H groups in total. The highest BCUT2D eigenvalue weighted by molar-refractivity contribution is 7.97. The molecule has 0 radical (unpaired) electrons. The van der Waals surface area contributed by atoms with Crippen LogP contribution in [0.1, 0.15) is 36.0 Å². The first-order valence-corrected chi connectivity index (χ1v) is 12.5. The number of hydrogen-bond donors (Lipinski definition) is 0. The Hall–Kier alpha value is -3.04. The molecule has 0 fully saturated rings. The Labute approximate surface area is 193 Å². The number of benzene rings is 3. The highest BCUT2D eigenvalue weighted by Gasteiger charge is 2.43. The van der Waals surface area contributed by atoms with Crippen LogP contribution in [0.25, 0.3) is 0 Å². The SMILES string of the molecule is O=C(OC1(C2CC=CC2)CC=CC1)c1ccc([S+](c2ccccc2)c2ccccc2)cc1. The molecule has 0 atom stereocenters. The predicted molar refractivity (Wildman–Crippen MR) is 130 cm³/mol. The zero-order chi connectivity index (χ0) is 21.8. The smallest absolute Gasteiger partial charge is 0.338 e. The van der Waals surface area contributed by atoms with E-state index in [1.807, 2.05) is 24.3 Å². The molecule has 0 saturated carbocycles. The van der Waals surface area contributed by atoms with Gasteiger partial charge in [-0.3, -0.25) is 0 Å². The summed E-state index contributed by atoms with van der Waals surface area (Å²) in [5.74, 6) is 0.161. The second-order valence-electron chi connectivity index (χ2n) is 8.43. The fourth-order valence-electron chi connectivity index (χ4n) is 4.69. The Morgan fingerprint density at radius 2 is 1.19 bits per heavy atom. The first-order chi connectivity index (χ1) is 15.8. The number of esters is 1. The predicted octanol–water partition coefficient (Wildman–Crippen LogP) is 6.99. The molecule has 0 aliphatic heterocycles. The molecule has 2 aliphatic rings. The van der Waals surface area contributed by atoms with E-state index in [1.165, 1.54) is 14.7 Å². The first kappa shape index (κ1) is 20.8. The highest BCUT2D eigenvalue weighted by Crippen LogP contribution is 2.42. The number of allylic oxidation sites excluding steroid dienone is 2. The Bertz CT molecular complexity index is 1060. The number of ether oxygens (including phenoxy) is 1. The van der Waals surface area contributed by atoms with Gasteiger partial charge in [-0.05, 0) is 61.4 Å². The molecule has 3 aromatic rings. The fourth-order valence-corrected chi connectivity index (χ4v) is 6.77. The van der Waals surface area contributed by atoms with Crippen LogP contribution in [-0.2, 0) is 15.6 Å². The minimum Gasteiger partial charge on any atom is -0.454 e. The summed E-state index contributed by atoms with van der Waals surface area (Å²) in [5, 5.41) is 0. The van der Waals surface area contributed by atoms with E-state index in [-0.39, 0.29) is 16.9 Å². The summed E-state index contributed by atoms with van der Waals surface area (Å²) in [6.45, 7) is 0. The summed E-state index contributed by atoms with van der Waals surface area (Å²) < 4.78 is 6.20. The molecule has 0 amide bonds. The van der Waals surface area contributed by atoms with Crippen LogP contribution in [-0.4, -0.2) is 11.6 Å². The minimum absolute atomic E-state index is 0.216. The van der Waals surface area contributed by atoms with Crippen molar-refractivity contribution in [2.45, 2.75) is 46.0 Å². The molecule has 0 aromatic heterocycles. The van der Waals surface area contributed by atoms with Gasteiger partial charge in [0.1, 0.15) is 5.60 Å². The van der Waals surface area contributed by atoms with Crippen LogP contribution in [0.4, 0.5) is 0 Å². The molecule has 2 nitrogen and oxygen atoms in total. The molecule has 5 rings (SSSR count). The van der Waals surface area contributed by atoms with E-state index >= 15 is 0 Å². The van der Waals surface area contributed by atoms with Gasteiger partial charge >= 0.3 is 5.97 Å². The molecule has 0 spiro atoms. The maximum Gasteiger partial charge on any atom is 0.338 e. The lowest BCUT2D eigenvalue weighted by Gasteiger charge is -2.35. The fraction of sp³-hybridized carbons (Fsp3) is 0.207. The lowest BCUT2D eigenvalue weighted by molar-refractivity contribution is -0.0417. The number of hydrogen-bond acceptors (Lipinski definition) is 2. The topological polar surface area (TPSA) is 26.3 Å². The maximum absolute atomic E-state index is 13.1. The van der Waals surface area contributed by atoms with Crippen molar-refractivity contribution in [1.29, 1.82) is 0 Å². The van der Waals surface area contributed by atoms with Crippen LogP contribution in [0.5, 0.6) is 0 Å². The Morgan fingerprint density at radius 1 is 0.688 bits per heavy atom. The molecule has 0 saturated heterocycles. The first-order valence-electron chi connectivity index (χ1n) is 11.2. The largest absolute Gasteiger partial charge is 0.454 e. The molecular formula is C29H27O2S+. The van der Waals surface area contributed by atoms with E-state index in [0.717, 1.165) is 25.7 Å².